The number of halogens is 1. The van der Waals surface area contributed by atoms with E-state index in [9.17, 15) is 0 Å². The molecular weight excluding hydrogens is 268 g/mol. The first kappa shape index (κ1) is 10.8. The highest BCUT2D eigenvalue weighted by molar-refractivity contribution is 9.10. The highest BCUT2D eigenvalue weighted by Crippen LogP contribution is 2.45. The van der Waals surface area contributed by atoms with Crippen molar-refractivity contribution in [2.75, 3.05) is 13.1 Å². The van der Waals surface area contributed by atoms with E-state index < -0.39 is 0 Å². The van der Waals surface area contributed by atoms with Crippen LogP contribution in [0.2, 0.25) is 0 Å². The van der Waals surface area contributed by atoms with Gasteiger partial charge in [-0.1, -0.05) is 0 Å². The fraction of sp³-hybridized carbons (Fsp3) is 0.667. The number of hydrogen-bond donors (Lipinski definition) is 1. The van der Waals surface area contributed by atoms with Crippen LogP contribution in [0.25, 0.3) is 0 Å². The molecule has 1 aromatic rings. The molecule has 2 atom stereocenters. The van der Waals surface area contributed by atoms with E-state index in [-0.39, 0.29) is 0 Å². The van der Waals surface area contributed by atoms with E-state index in [0.29, 0.717) is 12.0 Å². The van der Waals surface area contributed by atoms with Gasteiger partial charge in [0, 0.05) is 6.04 Å². The molecule has 1 saturated heterocycles. The molecule has 4 heteroatoms. The Morgan fingerprint density at radius 2 is 2.25 bits per heavy atom. The zero-order valence-corrected chi connectivity index (χ0v) is 10.8. The monoisotopic (exact) mass is 284 g/mol. The molecule has 1 saturated carbocycles. The molecule has 0 amide bonds. The van der Waals surface area contributed by atoms with Crippen LogP contribution in [0.15, 0.2) is 21.2 Å². The van der Waals surface area contributed by atoms with Gasteiger partial charge in [0.2, 0.25) is 0 Å². The summed E-state index contributed by atoms with van der Waals surface area (Å²) in [7, 11) is 0. The topological polar surface area (TPSA) is 42.4 Å². The van der Waals surface area contributed by atoms with E-state index in [1.165, 1.54) is 25.8 Å². The molecule has 2 N–H and O–H groups in total. The molecule has 1 aliphatic carbocycles. The Labute approximate surface area is 104 Å². The maximum atomic E-state index is 5.88. The highest BCUT2D eigenvalue weighted by Gasteiger charge is 2.44. The van der Waals surface area contributed by atoms with Gasteiger partial charge in [0.25, 0.3) is 0 Å². The van der Waals surface area contributed by atoms with Crippen LogP contribution >= 0.6 is 15.9 Å². The predicted octanol–water partition coefficient (Wildman–Crippen LogP) is 2.53. The van der Waals surface area contributed by atoms with Crippen molar-refractivity contribution in [3.8, 4) is 0 Å². The smallest absolute Gasteiger partial charge is 0.135 e. The Bertz CT molecular complexity index is 375. The van der Waals surface area contributed by atoms with Crippen LogP contribution < -0.4 is 5.73 Å². The number of furan rings is 1. The Hall–Kier alpha value is -0.320. The van der Waals surface area contributed by atoms with E-state index in [2.05, 4.69) is 20.8 Å². The minimum absolute atomic E-state index is 0.391. The molecule has 0 spiro atoms. The maximum absolute atomic E-state index is 5.88. The van der Waals surface area contributed by atoms with Crippen molar-refractivity contribution < 1.29 is 4.42 Å². The van der Waals surface area contributed by atoms with E-state index in [1.807, 2.05) is 6.07 Å². The third-order valence-electron chi connectivity index (χ3n) is 3.79. The average molecular weight is 285 g/mol. The summed E-state index contributed by atoms with van der Waals surface area (Å²) in [5.41, 5.74) is 5.88. The Morgan fingerprint density at radius 1 is 1.44 bits per heavy atom. The van der Waals surface area contributed by atoms with Gasteiger partial charge in [-0.3, -0.25) is 4.90 Å². The Kier molecular flexibility index (Phi) is 2.81. The first-order valence-electron chi connectivity index (χ1n) is 6.00. The lowest BCUT2D eigenvalue weighted by molar-refractivity contribution is 0.191. The van der Waals surface area contributed by atoms with Crippen molar-refractivity contribution >= 4 is 15.9 Å². The van der Waals surface area contributed by atoms with Gasteiger partial charge in [0.05, 0.1) is 16.8 Å². The van der Waals surface area contributed by atoms with Crippen LogP contribution in [0, 0.1) is 5.92 Å². The molecule has 0 radical (unpaired) electrons. The molecule has 16 heavy (non-hydrogen) atoms. The molecule has 88 valence electrons. The molecule has 3 rings (SSSR count). The maximum Gasteiger partial charge on any atom is 0.135 e. The zero-order valence-electron chi connectivity index (χ0n) is 9.23. The molecule has 0 aromatic carbocycles. The zero-order chi connectivity index (χ0) is 11.1. The van der Waals surface area contributed by atoms with Gasteiger partial charge in [-0.15, -0.1) is 0 Å². The summed E-state index contributed by atoms with van der Waals surface area (Å²) >= 11 is 3.57. The summed E-state index contributed by atoms with van der Waals surface area (Å²) in [4.78, 5) is 2.58. The standard InChI is InChI=1S/C12H17BrN2O/c13-10-4-6-16-12(10)11-8(7-14)3-5-15(11)9-1-2-9/h4,6,8-9,11H,1-3,5,7,14H2. The average Bonchev–Trinajstić information content (AvgIpc) is 2.91. The number of nitrogens with zero attached hydrogens (tertiary/aromatic N) is 1. The number of rotatable bonds is 3. The second-order valence-electron chi connectivity index (χ2n) is 4.83. The van der Waals surface area contributed by atoms with Crippen molar-refractivity contribution in [1.29, 1.82) is 0 Å². The van der Waals surface area contributed by atoms with Crippen LogP contribution in [0.5, 0.6) is 0 Å². The minimum Gasteiger partial charge on any atom is -0.466 e. The van der Waals surface area contributed by atoms with Crippen molar-refractivity contribution in [3.63, 3.8) is 0 Å². The van der Waals surface area contributed by atoms with Gasteiger partial charge in [0.1, 0.15) is 5.76 Å². The van der Waals surface area contributed by atoms with Crippen molar-refractivity contribution in [3.05, 3.63) is 22.6 Å². The molecule has 2 unspecified atom stereocenters. The summed E-state index contributed by atoms with van der Waals surface area (Å²) in [6.07, 6.45) is 5.64. The Balaban J connectivity index is 1.90. The van der Waals surface area contributed by atoms with Crippen molar-refractivity contribution in [2.45, 2.75) is 31.3 Å². The van der Waals surface area contributed by atoms with Gasteiger partial charge >= 0.3 is 0 Å². The number of nitrogens with two attached hydrogens (primary N) is 1. The van der Waals surface area contributed by atoms with Crippen LogP contribution in [0.1, 0.15) is 31.1 Å². The van der Waals surface area contributed by atoms with Gasteiger partial charge in [0.15, 0.2) is 0 Å². The summed E-state index contributed by atoms with van der Waals surface area (Å²) < 4.78 is 6.73. The van der Waals surface area contributed by atoms with E-state index in [4.69, 9.17) is 10.2 Å². The summed E-state index contributed by atoms with van der Waals surface area (Å²) in [5.74, 6) is 1.61. The Morgan fingerprint density at radius 3 is 2.81 bits per heavy atom. The highest BCUT2D eigenvalue weighted by atomic mass is 79.9. The third-order valence-corrected chi connectivity index (χ3v) is 4.45. The molecule has 1 aliphatic heterocycles. The molecule has 2 fully saturated rings. The number of hydrogen-bond acceptors (Lipinski definition) is 3. The van der Waals surface area contributed by atoms with Gasteiger partial charge in [-0.2, -0.15) is 0 Å². The SMILES string of the molecule is NCC1CCN(C2CC2)C1c1occc1Br. The van der Waals surface area contributed by atoms with Gasteiger partial charge < -0.3 is 10.2 Å². The molecular formula is C12H17BrN2O. The predicted molar refractivity (Wildman–Crippen MR) is 66.0 cm³/mol. The lowest BCUT2D eigenvalue weighted by Crippen LogP contribution is -2.29. The van der Waals surface area contributed by atoms with E-state index >= 15 is 0 Å². The van der Waals surface area contributed by atoms with E-state index in [1.54, 1.807) is 6.26 Å². The normalized spacial score (nSPS) is 31.1. The minimum atomic E-state index is 0.391. The molecule has 2 heterocycles. The van der Waals surface area contributed by atoms with Crippen LogP contribution in [-0.4, -0.2) is 24.0 Å². The molecule has 3 nitrogen and oxygen atoms in total. The fourth-order valence-corrected chi connectivity index (χ4v) is 3.26. The van der Waals surface area contributed by atoms with E-state index in [0.717, 1.165) is 22.8 Å². The van der Waals surface area contributed by atoms with Crippen molar-refractivity contribution in [1.82, 2.24) is 4.90 Å². The fourth-order valence-electron chi connectivity index (χ4n) is 2.83. The second-order valence-corrected chi connectivity index (χ2v) is 5.69. The summed E-state index contributed by atoms with van der Waals surface area (Å²) in [6.45, 7) is 1.92. The first-order chi connectivity index (χ1) is 7.81. The molecule has 1 aromatic heterocycles. The van der Waals surface area contributed by atoms with Gasteiger partial charge in [-0.05, 0) is 60.3 Å². The number of likely N-dealkylation sites (tertiary alicyclic amines) is 1. The van der Waals surface area contributed by atoms with Crippen LogP contribution in [0.3, 0.4) is 0 Å². The summed E-state index contributed by atoms with van der Waals surface area (Å²) in [5, 5.41) is 0. The lowest BCUT2D eigenvalue weighted by Gasteiger charge is -2.26. The quantitative estimate of drug-likeness (QED) is 0.928. The second kappa shape index (κ2) is 4.17. The van der Waals surface area contributed by atoms with Crippen LogP contribution in [-0.2, 0) is 0 Å². The first-order valence-corrected chi connectivity index (χ1v) is 6.79. The molecule has 2 aliphatic rings. The van der Waals surface area contributed by atoms with Crippen LogP contribution in [0.4, 0.5) is 0 Å². The largest absolute Gasteiger partial charge is 0.466 e. The lowest BCUT2D eigenvalue weighted by atomic mass is 9.98. The summed E-state index contributed by atoms with van der Waals surface area (Å²) in [6, 6.07) is 3.15. The van der Waals surface area contributed by atoms with Crippen molar-refractivity contribution in [2.24, 2.45) is 11.7 Å². The van der Waals surface area contributed by atoms with Gasteiger partial charge in [-0.25, -0.2) is 0 Å². The molecule has 0 bridgehead atoms. The third kappa shape index (κ3) is 1.73.